The van der Waals surface area contributed by atoms with Gasteiger partial charge in [-0.25, -0.2) is 5.43 Å². The summed E-state index contributed by atoms with van der Waals surface area (Å²) in [5.41, 5.74) is 6.87. The SMILES string of the molecule is COc1ccc(C=NNC(=O)CSc2nnc(SCc3ccc(C)cc3)s2)cc1OCc1ccccc1. The van der Waals surface area contributed by atoms with Crippen LogP contribution in [-0.2, 0) is 17.2 Å². The van der Waals surface area contributed by atoms with Crippen molar-refractivity contribution in [1.29, 1.82) is 0 Å². The number of nitrogens with zero attached hydrogens (tertiary/aromatic N) is 3. The maximum Gasteiger partial charge on any atom is 0.250 e. The third kappa shape index (κ3) is 8.63. The highest BCUT2D eigenvalue weighted by molar-refractivity contribution is 8.03. The molecule has 3 aromatic carbocycles. The van der Waals surface area contributed by atoms with E-state index in [4.69, 9.17) is 9.47 Å². The molecule has 37 heavy (non-hydrogen) atoms. The van der Waals surface area contributed by atoms with Gasteiger partial charge in [0.25, 0.3) is 5.91 Å². The van der Waals surface area contributed by atoms with Crippen LogP contribution in [0.25, 0.3) is 0 Å². The molecule has 0 aliphatic rings. The molecule has 7 nitrogen and oxygen atoms in total. The Labute approximate surface area is 228 Å². The number of carbonyl (C=O) groups is 1. The van der Waals surface area contributed by atoms with Crippen molar-refractivity contribution >= 4 is 47.0 Å². The molecule has 0 radical (unpaired) electrons. The zero-order valence-electron chi connectivity index (χ0n) is 20.4. The van der Waals surface area contributed by atoms with Crippen molar-refractivity contribution in [1.82, 2.24) is 15.6 Å². The maximum absolute atomic E-state index is 12.2. The molecule has 0 spiro atoms. The minimum absolute atomic E-state index is 0.197. The molecule has 4 aromatic rings. The van der Waals surface area contributed by atoms with Crippen LogP contribution in [-0.4, -0.2) is 35.2 Å². The van der Waals surface area contributed by atoms with E-state index in [-0.39, 0.29) is 11.7 Å². The minimum Gasteiger partial charge on any atom is -0.493 e. The maximum atomic E-state index is 12.2. The fourth-order valence-corrected chi connectivity index (χ4v) is 5.87. The minimum atomic E-state index is -0.223. The molecule has 190 valence electrons. The number of ether oxygens (including phenoxy) is 2. The van der Waals surface area contributed by atoms with Crippen LogP contribution in [0.2, 0.25) is 0 Å². The number of nitrogens with one attached hydrogen (secondary N) is 1. The molecule has 1 amide bonds. The Morgan fingerprint density at radius 2 is 1.73 bits per heavy atom. The Hall–Kier alpha value is -3.34. The number of hydrogen-bond donors (Lipinski definition) is 1. The fraction of sp³-hybridized carbons (Fsp3) is 0.185. The van der Waals surface area contributed by atoms with Crippen molar-refractivity contribution in [2.45, 2.75) is 28.0 Å². The molecule has 0 saturated heterocycles. The molecule has 1 heterocycles. The molecule has 0 aliphatic carbocycles. The monoisotopic (exact) mass is 550 g/mol. The molecule has 1 aromatic heterocycles. The highest BCUT2D eigenvalue weighted by Gasteiger charge is 2.09. The lowest BCUT2D eigenvalue weighted by Gasteiger charge is -2.11. The summed E-state index contributed by atoms with van der Waals surface area (Å²) in [7, 11) is 1.60. The summed E-state index contributed by atoms with van der Waals surface area (Å²) in [6.45, 7) is 2.49. The quantitative estimate of drug-likeness (QED) is 0.132. The molecule has 4 rings (SSSR count). The Bertz CT molecular complexity index is 1330. The second kappa shape index (κ2) is 13.8. The largest absolute Gasteiger partial charge is 0.493 e. The average molecular weight is 551 g/mol. The second-order valence-electron chi connectivity index (χ2n) is 7.87. The van der Waals surface area contributed by atoms with Gasteiger partial charge in [-0.2, -0.15) is 5.10 Å². The summed E-state index contributed by atoms with van der Waals surface area (Å²) in [6.07, 6.45) is 1.57. The predicted octanol–water partition coefficient (Wildman–Crippen LogP) is 5.97. The van der Waals surface area contributed by atoms with E-state index in [2.05, 4.69) is 51.9 Å². The molecular weight excluding hydrogens is 525 g/mol. The first-order valence-electron chi connectivity index (χ1n) is 11.4. The topological polar surface area (TPSA) is 85.7 Å². The third-order valence-corrected chi connectivity index (χ3v) is 8.29. The number of aromatic nitrogens is 2. The second-order valence-corrected chi connectivity index (χ2v) is 11.3. The normalized spacial score (nSPS) is 11.0. The number of hydrogen-bond acceptors (Lipinski definition) is 9. The van der Waals surface area contributed by atoms with E-state index in [1.165, 1.54) is 34.2 Å². The number of rotatable bonds is 12. The number of thioether (sulfide) groups is 2. The first kappa shape index (κ1) is 26.7. The number of amides is 1. The van der Waals surface area contributed by atoms with E-state index in [9.17, 15) is 4.79 Å². The van der Waals surface area contributed by atoms with Crippen molar-refractivity contribution < 1.29 is 14.3 Å². The van der Waals surface area contributed by atoms with Crippen molar-refractivity contribution in [2.75, 3.05) is 12.9 Å². The lowest BCUT2D eigenvalue weighted by Crippen LogP contribution is -2.19. The van der Waals surface area contributed by atoms with Gasteiger partial charge in [0, 0.05) is 5.75 Å². The van der Waals surface area contributed by atoms with Gasteiger partial charge in [-0.3, -0.25) is 4.79 Å². The zero-order valence-corrected chi connectivity index (χ0v) is 22.9. The van der Waals surface area contributed by atoms with Crippen LogP contribution >= 0.6 is 34.9 Å². The van der Waals surface area contributed by atoms with Gasteiger partial charge < -0.3 is 9.47 Å². The van der Waals surface area contributed by atoms with Gasteiger partial charge in [-0.15, -0.1) is 10.2 Å². The fourth-order valence-electron chi connectivity index (χ4n) is 3.10. The molecule has 0 unspecified atom stereocenters. The van der Waals surface area contributed by atoms with E-state index in [1.54, 1.807) is 25.1 Å². The summed E-state index contributed by atoms with van der Waals surface area (Å²) >= 11 is 4.47. The molecule has 0 bridgehead atoms. The molecule has 0 atom stereocenters. The van der Waals surface area contributed by atoms with Crippen LogP contribution in [0.5, 0.6) is 11.5 Å². The smallest absolute Gasteiger partial charge is 0.250 e. The Morgan fingerprint density at radius 1 is 0.973 bits per heavy atom. The van der Waals surface area contributed by atoms with E-state index < -0.39 is 0 Å². The van der Waals surface area contributed by atoms with Gasteiger partial charge in [0.05, 0.1) is 19.1 Å². The van der Waals surface area contributed by atoms with E-state index in [0.717, 1.165) is 25.6 Å². The summed E-state index contributed by atoms with van der Waals surface area (Å²) in [5, 5.41) is 12.5. The number of benzene rings is 3. The van der Waals surface area contributed by atoms with E-state index >= 15 is 0 Å². The number of hydrazone groups is 1. The van der Waals surface area contributed by atoms with Crippen molar-refractivity contribution in [3.63, 3.8) is 0 Å². The lowest BCUT2D eigenvalue weighted by molar-refractivity contribution is -0.118. The van der Waals surface area contributed by atoms with Gasteiger partial charge in [-0.1, -0.05) is 95.0 Å². The first-order chi connectivity index (χ1) is 18.1. The Morgan fingerprint density at radius 3 is 2.49 bits per heavy atom. The molecule has 0 aliphatic heterocycles. The van der Waals surface area contributed by atoms with Crippen molar-refractivity contribution in [3.8, 4) is 11.5 Å². The van der Waals surface area contributed by atoms with E-state index in [1.807, 2.05) is 48.5 Å². The van der Waals surface area contributed by atoms with Gasteiger partial charge >= 0.3 is 0 Å². The van der Waals surface area contributed by atoms with Crippen LogP contribution in [0.1, 0.15) is 22.3 Å². The average Bonchev–Trinajstić information content (AvgIpc) is 3.39. The van der Waals surface area contributed by atoms with Gasteiger partial charge in [0.15, 0.2) is 20.2 Å². The van der Waals surface area contributed by atoms with Gasteiger partial charge in [0.2, 0.25) is 0 Å². The number of carbonyl (C=O) groups excluding carboxylic acids is 1. The standard InChI is InChI=1S/C27H26N4O3S3/c1-19-8-10-21(11-9-19)17-35-26-30-31-27(37-26)36-18-25(32)29-28-15-22-12-13-23(33-2)24(14-22)34-16-20-6-4-3-5-7-20/h3-15H,16-18H2,1-2H3,(H,29,32). The molecule has 10 heteroatoms. The summed E-state index contributed by atoms with van der Waals surface area (Å²) in [4.78, 5) is 12.2. The molecular formula is C27H26N4O3S3. The highest BCUT2D eigenvalue weighted by atomic mass is 32.2. The molecule has 0 saturated carbocycles. The first-order valence-corrected chi connectivity index (χ1v) is 14.2. The van der Waals surface area contributed by atoms with Crippen LogP contribution < -0.4 is 14.9 Å². The third-order valence-electron chi connectivity index (χ3n) is 5.03. The molecule has 1 N–H and O–H groups in total. The summed E-state index contributed by atoms with van der Waals surface area (Å²) < 4.78 is 13.0. The highest BCUT2D eigenvalue weighted by Crippen LogP contribution is 2.31. The van der Waals surface area contributed by atoms with Crippen LogP contribution in [0, 0.1) is 6.92 Å². The number of aryl methyl sites for hydroxylation is 1. The summed E-state index contributed by atoms with van der Waals surface area (Å²) in [5.74, 6) is 2.03. The van der Waals surface area contributed by atoms with Crippen LogP contribution in [0.15, 0.2) is 86.6 Å². The predicted molar refractivity (Wildman–Crippen MR) is 151 cm³/mol. The Kier molecular flexibility index (Phi) is 9.98. The molecule has 0 fully saturated rings. The van der Waals surface area contributed by atoms with Gasteiger partial charge in [0.1, 0.15) is 6.61 Å². The van der Waals surface area contributed by atoms with Crippen molar-refractivity contribution in [3.05, 3.63) is 95.1 Å². The van der Waals surface area contributed by atoms with Crippen LogP contribution in [0.3, 0.4) is 0 Å². The lowest BCUT2D eigenvalue weighted by atomic mass is 10.2. The summed E-state index contributed by atoms with van der Waals surface area (Å²) in [6, 6.07) is 23.8. The zero-order chi connectivity index (χ0) is 25.9. The van der Waals surface area contributed by atoms with Gasteiger partial charge in [-0.05, 0) is 41.8 Å². The van der Waals surface area contributed by atoms with Crippen LogP contribution in [0.4, 0.5) is 0 Å². The van der Waals surface area contributed by atoms with Crippen molar-refractivity contribution in [2.24, 2.45) is 5.10 Å². The Balaban J connectivity index is 1.23. The number of methoxy groups -OCH3 is 1. The van der Waals surface area contributed by atoms with E-state index in [0.29, 0.717) is 18.1 Å².